The Balaban J connectivity index is 2.17. The predicted molar refractivity (Wildman–Crippen MR) is 47.0 cm³/mol. The van der Waals surface area contributed by atoms with Crippen molar-refractivity contribution in [1.29, 1.82) is 0 Å². The highest BCUT2D eigenvalue weighted by Crippen LogP contribution is 2.10. The minimum atomic E-state index is -0.322. The lowest BCUT2D eigenvalue weighted by molar-refractivity contribution is -0.126. The van der Waals surface area contributed by atoms with Crippen molar-refractivity contribution in [2.24, 2.45) is 5.73 Å². The molecule has 4 heteroatoms. The summed E-state index contributed by atoms with van der Waals surface area (Å²) in [5, 5.41) is 0. The lowest BCUT2D eigenvalue weighted by Gasteiger charge is -2.09. The maximum atomic E-state index is 11.1. The summed E-state index contributed by atoms with van der Waals surface area (Å²) >= 11 is 1.71. The molecule has 0 radical (unpaired) electrons. The van der Waals surface area contributed by atoms with Crippen LogP contribution < -0.4 is 5.73 Å². The van der Waals surface area contributed by atoms with E-state index in [1.54, 1.807) is 24.2 Å². The molecule has 0 aromatic heterocycles. The van der Waals surface area contributed by atoms with Gasteiger partial charge >= 0.3 is 0 Å². The molecule has 0 fully saturated rings. The summed E-state index contributed by atoms with van der Waals surface area (Å²) in [4.78, 5) is 12.7. The van der Waals surface area contributed by atoms with Crippen molar-refractivity contribution < 1.29 is 4.79 Å². The summed E-state index contributed by atoms with van der Waals surface area (Å²) in [5.41, 5.74) is 5.60. The minimum absolute atomic E-state index is 0.0130. The fraction of sp³-hybridized carbons (Fsp3) is 0.571. The lowest BCUT2D eigenvalue weighted by Crippen LogP contribution is -2.35. The fourth-order valence-corrected chi connectivity index (χ4v) is 1.23. The second kappa shape index (κ2) is 3.78. The van der Waals surface area contributed by atoms with E-state index in [0.29, 0.717) is 0 Å². The maximum Gasteiger partial charge on any atom is 0.247 e. The number of hydrogen-bond acceptors (Lipinski definition) is 3. The standard InChI is InChI=1S/C7H12N2OS/c1-11-5-2-6(8)7(10)9-3-4-9/h3-4,6H,2,5,8H2,1H3. The summed E-state index contributed by atoms with van der Waals surface area (Å²) in [6, 6.07) is -0.322. The van der Waals surface area contributed by atoms with Crippen molar-refractivity contribution in [2.75, 3.05) is 12.0 Å². The Labute approximate surface area is 70.6 Å². The van der Waals surface area contributed by atoms with Crippen LogP contribution in [0.25, 0.3) is 0 Å². The van der Waals surface area contributed by atoms with E-state index < -0.39 is 0 Å². The monoisotopic (exact) mass is 172 g/mol. The Morgan fingerprint density at radius 3 is 2.82 bits per heavy atom. The van der Waals surface area contributed by atoms with Gasteiger partial charge in [0.05, 0.1) is 6.04 Å². The summed E-state index contributed by atoms with van der Waals surface area (Å²) in [6.07, 6.45) is 6.22. The van der Waals surface area contributed by atoms with Crippen LogP contribution in [0.1, 0.15) is 6.42 Å². The highest BCUT2D eigenvalue weighted by atomic mass is 32.2. The van der Waals surface area contributed by atoms with Crippen LogP contribution in [-0.4, -0.2) is 28.9 Å². The smallest absolute Gasteiger partial charge is 0.247 e. The Bertz CT molecular complexity index is 175. The van der Waals surface area contributed by atoms with Crippen molar-refractivity contribution in [3.05, 3.63) is 12.4 Å². The van der Waals surface area contributed by atoms with Gasteiger partial charge in [-0.05, 0) is 18.4 Å². The highest BCUT2D eigenvalue weighted by Gasteiger charge is 2.22. The first-order valence-corrected chi connectivity index (χ1v) is 4.90. The number of nitrogens with zero attached hydrogens (tertiary/aromatic N) is 1. The first-order valence-electron chi connectivity index (χ1n) is 3.50. The largest absolute Gasteiger partial charge is 0.320 e. The minimum Gasteiger partial charge on any atom is -0.320 e. The third-order valence-electron chi connectivity index (χ3n) is 1.50. The molecule has 0 bridgehead atoms. The molecule has 0 aromatic carbocycles. The third kappa shape index (κ3) is 2.55. The number of carbonyl (C=O) groups is 1. The van der Waals surface area contributed by atoms with Crippen LogP contribution in [-0.2, 0) is 4.79 Å². The van der Waals surface area contributed by atoms with Crippen molar-refractivity contribution in [3.8, 4) is 0 Å². The first kappa shape index (κ1) is 8.62. The molecule has 62 valence electrons. The van der Waals surface area contributed by atoms with E-state index in [1.165, 1.54) is 4.90 Å². The number of carbonyl (C=O) groups excluding carboxylic acids is 1. The SMILES string of the molecule is CSCCC(N)C(=O)N1C=C1. The van der Waals surface area contributed by atoms with Gasteiger partial charge in [0, 0.05) is 12.4 Å². The lowest BCUT2D eigenvalue weighted by atomic mass is 10.2. The molecule has 11 heavy (non-hydrogen) atoms. The van der Waals surface area contributed by atoms with Gasteiger partial charge < -0.3 is 5.73 Å². The van der Waals surface area contributed by atoms with Gasteiger partial charge in [-0.1, -0.05) is 0 Å². The second-order valence-electron chi connectivity index (χ2n) is 2.43. The van der Waals surface area contributed by atoms with E-state index >= 15 is 0 Å². The average Bonchev–Trinajstić information content (AvgIpc) is 2.81. The van der Waals surface area contributed by atoms with E-state index in [9.17, 15) is 4.79 Å². The zero-order valence-corrected chi connectivity index (χ0v) is 7.30. The molecule has 0 aromatic rings. The molecule has 2 N–H and O–H groups in total. The summed E-state index contributed by atoms with van der Waals surface area (Å²) < 4.78 is 0. The van der Waals surface area contributed by atoms with Crippen LogP contribution in [0.4, 0.5) is 0 Å². The normalized spacial score (nSPS) is 16.7. The van der Waals surface area contributed by atoms with Gasteiger partial charge in [0.1, 0.15) is 0 Å². The Kier molecular flexibility index (Phi) is 2.96. The molecule has 1 amide bonds. The predicted octanol–water partition coefficient (Wildman–Crippen LogP) is 0.380. The van der Waals surface area contributed by atoms with E-state index in [-0.39, 0.29) is 11.9 Å². The first-order chi connectivity index (χ1) is 5.25. The quantitative estimate of drug-likeness (QED) is 0.667. The molecule has 1 heterocycles. The van der Waals surface area contributed by atoms with Gasteiger partial charge in [-0.25, -0.2) is 0 Å². The molecule has 0 saturated carbocycles. The molecular formula is C7H12N2OS. The van der Waals surface area contributed by atoms with Crippen LogP contribution in [0.5, 0.6) is 0 Å². The highest BCUT2D eigenvalue weighted by molar-refractivity contribution is 7.98. The van der Waals surface area contributed by atoms with Crippen LogP contribution in [0.15, 0.2) is 12.4 Å². The van der Waals surface area contributed by atoms with E-state index in [4.69, 9.17) is 5.73 Å². The maximum absolute atomic E-state index is 11.1. The van der Waals surface area contributed by atoms with Gasteiger partial charge in [0.2, 0.25) is 5.91 Å². The number of hydrogen-bond donors (Lipinski definition) is 1. The van der Waals surface area contributed by atoms with Gasteiger partial charge in [-0.3, -0.25) is 9.69 Å². The van der Waals surface area contributed by atoms with Crippen LogP contribution >= 0.6 is 11.8 Å². The molecule has 1 aliphatic rings. The van der Waals surface area contributed by atoms with Crippen molar-refractivity contribution >= 4 is 17.7 Å². The number of rotatable bonds is 4. The van der Waals surface area contributed by atoms with Crippen molar-refractivity contribution in [3.63, 3.8) is 0 Å². The second-order valence-corrected chi connectivity index (χ2v) is 3.42. The molecular weight excluding hydrogens is 160 g/mol. The Morgan fingerprint density at radius 1 is 1.73 bits per heavy atom. The number of amides is 1. The summed E-state index contributed by atoms with van der Waals surface area (Å²) in [7, 11) is 0. The van der Waals surface area contributed by atoms with Crippen molar-refractivity contribution in [2.45, 2.75) is 12.5 Å². The zero-order chi connectivity index (χ0) is 8.27. The summed E-state index contributed by atoms with van der Waals surface area (Å²) in [6.45, 7) is 0. The van der Waals surface area contributed by atoms with Gasteiger partial charge in [0.15, 0.2) is 0 Å². The molecule has 1 atom stereocenters. The van der Waals surface area contributed by atoms with Crippen molar-refractivity contribution in [1.82, 2.24) is 4.90 Å². The number of nitrogens with two attached hydrogens (primary N) is 1. The molecule has 1 unspecified atom stereocenters. The Morgan fingerprint density at radius 2 is 2.36 bits per heavy atom. The van der Waals surface area contributed by atoms with E-state index in [0.717, 1.165) is 12.2 Å². The van der Waals surface area contributed by atoms with Gasteiger partial charge in [-0.2, -0.15) is 11.8 Å². The molecule has 0 aliphatic carbocycles. The zero-order valence-electron chi connectivity index (χ0n) is 6.49. The molecule has 0 spiro atoms. The number of thioether (sulfide) groups is 1. The summed E-state index contributed by atoms with van der Waals surface area (Å²) in [5.74, 6) is 0.958. The van der Waals surface area contributed by atoms with E-state index in [1.807, 2.05) is 6.26 Å². The molecule has 1 rings (SSSR count). The van der Waals surface area contributed by atoms with Gasteiger partial charge in [0.25, 0.3) is 0 Å². The van der Waals surface area contributed by atoms with E-state index in [2.05, 4.69) is 0 Å². The Hall–Kier alpha value is -0.480. The van der Waals surface area contributed by atoms with Gasteiger partial charge in [-0.15, -0.1) is 0 Å². The third-order valence-corrected chi connectivity index (χ3v) is 2.15. The topological polar surface area (TPSA) is 46.1 Å². The fourth-order valence-electron chi connectivity index (χ4n) is 0.740. The molecule has 3 nitrogen and oxygen atoms in total. The van der Waals surface area contributed by atoms with Crippen LogP contribution in [0.3, 0.4) is 0 Å². The molecule has 1 aliphatic heterocycles. The van der Waals surface area contributed by atoms with Crippen LogP contribution in [0, 0.1) is 0 Å². The van der Waals surface area contributed by atoms with Crippen LogP contribution in [0.2, 0.25) is 0 Å². The average molecular weight is 172 g/mol. The molecule has 0 saturated heterocycles.